The highest BCUT2D eigenvalue weighted by Gasteiger charge is 2.35. The van der Waals surface area contributed by atoms with Gasteiger partial charge in [-0.05, 0) is 57.0 Å². The van der Waals surface area contributed by atoms with Gasteiger partial charge in [-0.25, -0.2) is 8.42 Å². The van der Waals surface area contributed by atoms with Crippen molar-refractivity contribution in [1.82, 2.24) is 14.1 Å². The fourth-order valence-electron chi connectivity index (χ4n) is 3.92. The van der Waals surface area contributed by atoms with Crippen molar-refractivity contribution in [3.63, 3.8) is 0 Å². The third-order valence-electron chi connectivity index (χ3n) is 5.33. The Morgan fingerprint density at radius 3 is 2.50 bits per heavy atom. The number of piperidine rings is 1. The normalized spacial score (nSPS) is 22.5. The minimum Gasteiger partial charge on any atom is -0.345 e. The van der Waals surface area contributed by atoms with Gasteiger partial charge in [-0.2, -0.15) is 4.31 Å². The van der Waals surface area contributed by atoms with E-state index < -0.39 is 10.0 Å². The summed E-state index contributed by atoms with van der Waals surface area (Å²) in [5, 5.41) is 0. The third-order valence-corrected chi connectivity index (χ3v) is 7.28. The fourth-order valence-corrected chi connectivity index (χ4v) is 5.65. The van der Waals surface area contributed by atoms with E-state index in [9.17, 15) is 13.2 Å². The molecule has 3 rings (SSSR count). The lowest BCUT2D eigenvalue weighted by molar-refractivity contribution is 0.0827. The molecule has 2 aliphatic rings. The van der Waals surface area contributed by atoms with Crippen LogP contribution in [0.15, 0.2) is 29.2 Å². The fraction of sp³-hybridized carbons (Fsp3) is 0.632. The second-order valence-corrected chi connectivity index (χ2v) is 9.39. The summed E-state index contributed by atoms with van der Waals surface area (Å²) < 4.78 is 28.3. The summed E-state index contributed by atoms with van der Waals surface area (Å²) in [5.74, 6) is -0.186. The first-order chi connectivity index (χ1) is 12.4. The summed E-state index contributed by atoms with van der Waals surface area (Å²) in [6.45, 7) is 3.51. The van der Waals surface area contributed by atoms with Crippen LogP contribution in [0.3, 0.4) is 0 Å². The van der Waals surface area contributed by atoms with Crippen LogP contribution in [0.4, 0.5) is 0 Å². The molecule has 2 saturated heterocycles. The van der Waals surface area contributed by atoms with E-state index in [1.807, 2.05) is 0 Å². The van der Waals surface area contributed by atoms with Gasteiger partial charge in [-0.15, -0.1) is 0 Å². The zero-order valence-corrected chi connectivity index (χ0v) is 16.5. The summed E-state index contributed by atoms with van der Waals surface area (Å²) in [7, 11) is -0.265. The minimum absolute atomic E-state index is 0.0278. The van der Waals surface area contributed by atoms with Crippen LogP contribution in [0.1, 0.15) is 42.5 Å². The lowest BCUT2D eigenvalue weighted by atomic mass is 10.0. The van der Waals surface area contributed by atoms with Crippen molar-refractivity contribution in [1.29, 1.82) is 0 Å². The molecular formula is C19H29N3O3S. The lowest BCUT2D eigenvalue weighted by Crippen LogP contribution is -2.48. The SMILES string of the molecule is CN(C)C(=O)c1cccc(S(=O)(=O)N2CCCC[C@H]2CN2CCCC2)c1. The van der Waals surface area contributed by atoms with Crippen LogP contribution in [0.25, 0.3) is 0 Å². The first kappa shape index (κ1) is 19.3. The van der Waals surface area contributed by atoms with E-state index in [1.54, 1.807) is 36.6 Å². The molecule has 0 radical (unpaired) electrons. The van der Waals surface area contributed by atoms with E-state index in [0.717, 1.165) is 38.9 Å². The number of likely N-dealkylation sites (tertiary alicyclic amines) is 1. The molecule has 0 saturated carbocycles. The number of hydrogen-bond donors (Lipinski definition) is 0. The Morgan fingerprint density at radius 2 is 1.81 bits per heavy atom. The predicted octanol–water partition coefficient (Wildman–Crippen LogP) is 2.03. The van der Waals surface area contributed by atoms with Gasteiger partial charge in [-0.3, -0.25) is 4.79 Å². The second-order valence-electron chi connectivity index (χ2n) is 7.50. The molecule has 0 unspecified atom stereocenters. The molecule has 0 spiro atoms. The molecule has 0 bridgehead atoms. The first-order valence-corrected chi connectivity index (χ1v) is 10.9. The van der Waals surface area contributed by atoms with Crippen molar-refractivity contribution in [2.24, 2.45) is 0 Å². The molecule has 6 nitrogen and oxygen atoms in total. The molecule has 2 heterocycles. The predicted molar refractivity (Wildman–Crippen MR) is 102 cm³/mol. The maximum absolute atomic E-state index is 13.3. The van der Waals surface area contributed by atoms with Crippen LogP contribution in [-0.2, 0) is 10.0 Å². The van der Waals surface area contributed by atoms with Gasteiger partial charge in [0.1, 0.15) is 0 Å². The van der Waals surface area contributed by atoms with Crippen LogP contribution in [-0.4, -0.2) is 74.7 Å². The Bertz CT molecular complexity index is 742. The zero-order valence-electron chi connectivity index (χ0n) is 15.7. The van der Waals surface area contributed by atoms with E-state index >= 15 is 0 Å². The van der Waals surface area contributed by atoms with Gasteiger partial charge in [0.05, 0.1) is 4.90 Å². The average Bonchev–Trinajstić information content (AvgIpc) is 3.14. The molecule has 1 amide bonds. The van der Waals surface area contributed by atoms with Gasteiger partial charge in [0.2, 0.25) is 10.0 Å². The van der Waals surface area contributed by atoms with Gasteiger partial charge < -0.3 is 9.80 Å². The Morgan fingerprint density at radius 1 is 1.12 bits per heavy atom. The number of rotatable bonds is 5. The molecule has 144 valence electrons. The van der Waals surface area contributed by atoms with E-state index in [0.29, 0.717) is 12.1 Å². The van der Waals surface area contributed by atoms with Gasteiger partial charge in [-0.1, -0.05) is 12.5 Å². The number of carbonyl (C=O) groups is 1. The van der Waals surface area contributed by atoms with Gasteiger partial charge in [0.25, 0.3) is 5.91 Å². The van der Waals surface area contributed by atoms with Gasteiger partial charge in [0.15, 0.2) is 0 Å². The number of hydrogen-bond acceptors (Lipinski definition) is 4. The molecule has 0 N–H and O–H groups in total. The van der Waals surface area contributed by atoms with Gasteiger partial charge >= 0.3 is 0 Å². The number of amides is 1. The summed E-state index contributed by atoms with van der Waals surface area (Å²) in [6, 6.07) is 6.46. The summed E-state index contributed by atoms with van der Waals surface area (Å²) in [5.41, 5.74) is 0.407. The van der Waals surface area contributed by atoms with Crippen LogP contribution < -0.4 is 0 Å². The maximum Gasteiger partial charge on any atom is 0.253 e. The van der Waals surface area contributed by atoms with Crippen LogP contribution in [0.5, 0.6) is 0 Å². The highest BCUT2D eigenvalue weighted by molar-refractivity contribution is 7.89. The highest BCUT2D eigenvalue weighted by atomic mass is 32.2. The smallest absolute Gasteiger partial charge is 0.253 e. The quantitative estimate of drug-likeness (QED) is 0.785. The number of carbonyl (C=O) groups excluding carboxylic acids is 1. The van der Waals surface area contributed by atoms with Crippen molar-refractivity contribution in [2.45, 2.75) is 43.0 Å². The molecule has 2 fully saturated rings. The van der Waals surface area contributed by atoms with Crippen molar-refractivity contribution in [3.8, 4) is 0 Å². The second kappa shape index (κ2) is 8.06. The topological polar surface area (TPSA) is 60.9 Å². The van der Waals surface area contributed by atoms with Crippen molar-refractivity contribution >= 4 is 15.9 Å². The van der Waals surface area contributed by atoms with E-state index in [-0.39, 0.29) is 16.8 Å². The molecule has 0 aliphatic carbocycles. The Hall–Kier alpha value is -1.44. The number of sulfonamides is 1. The van der Waals surface area contributed by atoms with E-state index in [4.69, 9.17) is 0 Å². The van der Waals surface area contributed by atoms with Crippen LogP contribution >= 0.6 is 0 Å². The highest BCUT2D eigenvalue weighted by Crippen LogP contribution is 2.27. The molecule has 1 atom stereocenters. The minimum atomic E-state index is -3.60. The maximum atomic E-state index is 13.3. The third kappa shape index (κ3) is 4.10. The molecule has 7 heteroatoms. The molecule has 26 heavy (non-hydrogen) atoms. The number of nitrogens with zero attached hydrogens (tertiary/aromatic N) is 3. The van der Waals surface area contributed by atoms with E-state index in [1.165, 1.54) is 23.8 Å². The zero-order chi connectivity index (χ0) is 18.7. The van der Waals surface area contributed by atoms with Gasteiger partial charge in [0, 0.05) is 38.8 Å². The number of benzene rings is 1. The molecule has 1 aromatic carbocycles. The van der Waals surface area contributed by atoms with E-state index in [2.05, 4.69) is 4.90 Å². The standard InChI is InChI=1S/C19H29N3O3S/c1-20(2)19(23)16-8-7-10-18(14-16)26(24,25)22-13-4-3-9-17(22)15-21-11-5-6-12-21/h7-8,10,14,17H,3-6,9,11-13,15H2,1-2H3/t17-/m0/s1. The monoisotopic (exact) mass is 379 g/mol. The largest absolute Gasteiger partial charge is 0.345 e. The average molecular weight is 380 g/mol. The summed E-state index contributed by atoms with van der Waals surface area (Å²) in [4.78, 5) is 16.3. The Balaban J connectivity index is 1.85. The Kier molecular flexibility index (Phi) is 5.99. The first-order valence-electron chi connectivity index (χ1n) is 9.45. The lowest BCUT2D eigenvalue weighted by Gasteiger charge is -2.36. The summed E-state index contributed by atoms with van der Waals surface area (Å²) in [6.07, 6.45) is 5.28. The Labute approximate surface area is 156 Å². The van der Waals surface area contributed by atoms with Crippen LogP contribution in [0.2, 0.25) is 0 Å². The van der Waals surface area contributed by atoms with Crippen molar-refractivity contribution in [3.05, 3.63) is 29.8 Å². The van der Waals surface area contributed by atoms with Crippen LogP contribution in [0, 0.1) is 0 Å². The van der Waals surface area contributed by atoms with Crippen molar-refractivity contribution < 1.29 is 13.2 Å². The summed E-state index contributed by atoms with van der Waals surface area (Å²) >= 11 is 0. The molecular weight excluding hydrogens is 350 g/mol. The molecule has 1 aromatic rings. The molecule has 0 aromatic heterocycles. The van der Waals surface area contributed by atoms with Crippen molar-refractivity contribution in [2.75, 3.05) is 40.3 Å². The molecule has 2 aliphatic heterocycles.